The average molecular weight is 381 g/mol. The molecule has 0 aliphatic heterocycles. The number of carbonyl (C=O) groups excluding carboxylic acids is 1. The summed E-state index contributed by atoms with van der Waals surface area (Å²) in [4.78, 5) is 15.5. The summed E-state index contributed by atoms with van der Waals surface area (Å²) in [5, 5.41) is 13.4. The minimum Gasteiger partial charge on any atom is -0.392 e. The molecule has 0 atom stereocenters. The van der Waals surface area contributed by atoms with Crippen molar-refractivity contribution >= 4 is 34.1 Å². The van der Waals surface area contributed by atoms with E-state index < -0.39 is 0 Å². The van der Waals surface area contributed by atoms with Crippen LogP contribution in [0.5, 0.6) is 0 Å². The highest BCUT2D eigenvalue weighted by Gasteiger charge is 2.13. The van der Waals surface area contributed by atoms with Crippen LogP contribution in [0.1, 0.15) is 16.0 Å². The zero-order chi connectivity index (χ0) is 19.1. The largest absolute Gasteiger partial charge is 0.392 e. The van der Waals surface area contributed by atoms with Crippen molar-refractivity contribution in [2.45, 2.75) is 13.2 Å². The zero-order valence-corrected chi connectivity index (χ0v) is 16.1. The number of benzene rings is 2. The summed E-state index contributed by atoms with van der Waals surface area (Å²) in [7, 11) is 1.64. The number of hydrogen-bond donors (Lipinski definition) is 1. The summed E-state index contributed by atoms with van der Waals surface area (Å²) in [5.41, 5.74) is 1.98. The number of ether oxygens (including phenoxy) is 1. The highest BCUT2D eigenvalue weighted by Crippen LogP contribution is 2.21. The quantitative estimate of drug-likeness (QED) is 0.598. The van der Waals surface area contributed by atoms with Gasteiger partial charge in [0, 0.05) is 31.2 Å². The summed E-state index contributed by atoms with van der Waals surface area (Å²) in [5.74, 6) is -0.0565. The third-order valence-corrected chi connectivity index (χ3v) is 5.31. The van der Waals surface area contributed by atoms with Crippen molar-refractivity contribution in [3.05, 3.63) is 76.0 Å². The molecule has 0 aliphatic carbocycles. The normalized spacial score (nSPS) is 11.3. The smallest absolute Gasteiger partial charge is 0.246 e. The highest BCUT2D eigenvalue weighted by atomic mass is 32.1. The molecule has 0 saturated carbocycles. The molecule has 0 bridgehead atoms. The summed E-state index contributed by atoms with van der Waals surface area (Å²) < 4.78 is 5.18. The number of methoxy groups -OCH3 is 1. The van der Waals surface area contributed by atoms with E-state index in [2.05, 4.69) is 24.3 Å². The molecule has 0 saturated heterocycles. The first kappa shape index (κ1) is 19.3. The van der Waals surface area contributed by atoms with Gasteiger partial charge in [0.15, 0.2) is 0 Å². The molecule has 0 radical (unpaired) electrons. The van der Waals surface area contributed by atoms with Crippen LogP contribution in [0.2, 0.25) is 0 Å². The monoisotopic (exact) mass is 381 g/mol. The molecular formula is C22H23NO3S. The van der Waals surface area contributed by atoms with E-state index in [9.17, 15) is 4.79 Å². The molecule has 1 N–H and O–H groups in total. The minimum atomic E-state index is -0.0565. The van der Waals surface area contributed by atoms with E-state index in [1.807, 2.05) is 29.6 Å². The number of aliphatic hydroxyl groups is 1. The van der Waals surface area contributed by atoms with Crippen molar-refractivity contribution < 1.29 is 14.6 Å². The highest BCUT2D eigenvalue weighted by molar-refractivity contribution is 7.11. The number of carbonyl (C=O) groups is 1. The van der Waals surface area contributed by atoms with Gasteiger partial charge in [0.1, 0.15) is 0 Å². The fourth-order valence-corrected chi connectivity index (χ4v) is 3.72. The van der Waals surface area contributed by atoms with Crippen LogP contribution in [-0.2, 0) is 22.7 Å². The van der Waals surface area contributed by atoms with Crippen molar-refractivity contribution in [3.8, 4) is 0 Å². The molecule has 3 rings (SSSR count). The molecule has 4 nitrogen and oxygen atoms in total. The standard InChI is InChI=1S/C22H23NO3S/c1-26-12-11-23(22(25)10-9-20-13-17(15-24)16-27-20)14-19-7-4-6-18-5-2-3-8-21(18)19/h2-10,13,16,24H,11-12,14-15H2,1H3/b10-9+. The maximum atomic E-state index is 12.8. The molecule has 1 aromatic heterocycles. The first-order chi connectivity index (χ1) is 13.2. The Morgan fingerprint density at radius 1 is 1.22 bits per heavy atom. The number of thiophene rings is 1. The molecule has 140 valence electrons. The fourth-order valence-electron chi connectivity index (χ4n) is 2.93. The summed E-state index contributed by atoms with van der Waals surface area (Å²) in [6.45, 7) is 1.55. The first-order valence-corrected chi connectivity index (χ1v) is 9.70. The summed E-state index contributed by atoms with van der Waals surface area (Å²) in [6.07, 6.45) is 3.39. The molecule has 2 aromatic carbocycles. The van der Waals surface area contributed by atoms with Crippen LogP contribution in [0.4, 0.5) is 0 Å². The number of aliphatic hydroxyl groups excluding tert-OH is 1. The van der Waals surface area contributed by atoms with Crippen LogP contribution in [-0.4, -0.2) is 36.2 Å². The van der Waals surface area contributed by atoms with E-state index in [0.717, 1.165) is 21.4 Å². The Morgan fingerprint density at radius 3 is 2.81 bits per heavy atom. The molecule has 27 heavy (non-hydrogen) atoms. The average Bonchev–Trinajstić information content (AvgIpc) is 3.17. The molecule has 0 fully saturated rings. The first-order valence-electron chi connectivity index (χ1n) is 8.82. The third-order valence-electron chi connectivity index (χ3n) is 4.36. The van der Waals surface area contributed by atoms with Gasteiger partial charge in [-0.3, -0.25) is 4.79 Å². The van der Waals surface area contributed by atoms with Crippen LogP contribution in [0.15, 0.2) is 60.0 Å². The Balaban J connectivity index is 1.79. The lowest BCUT2D eigenvalue weighted by atomic mass is 10.0. The lowest BCUT2D eigenvalue weighted by molar-refractivity contribution is -0.127. The summed E-state index contributed by atoms with van der Waals surface area (Å²) in [6, 6.07) is 16.2. The lowest BCUT2D eigenvalue weighted by Gasteiger charge is -2.22. The van der Waals surface area contributed by atoms with E-state index in [0.29, 0.717) is 19.7 Å². The van der Waals surface area contributed by atoms with Crippen molar-refractivity contribution in [1.82, 2.24) is 4.90 Å². The number of nitrogens with zero attached hydrogens (tertiary/aromatic N) is 1. The molecule has 1 heterocycles. The van der Waals surface area contributed by atoms with Gasteiger partial charge in [-0.25, -0.2) is 0 Å². The van der Waals surface area contributed by atoms with Crippen LogP contribution in [0.25, 0.3) is 16.8 Å². The molecule has 5 heteroatoms. The van der Waals surface area contributed by atoms with Crippen molar-refractivity contribution in [1.29, 1.82) is 0 Å². The van der Waals surface area contributed by atoms with Gasteiger partial charge in [0.05, 0.1) is 13.2 Å². The van der Waals surface area contributed by atoms with Crippen molar-refractivity contribution in [3.63, 3.8) is 0 Å². The van der Waals surface area contributed by atoms with Crippen LogP contribution in [0, 0.1) is 0 Å². The van der Waals surface area contributed by atoms with Gasteiger partial charge in [-0.15, -0.1) is 11.3 Å². The van der Waals surface area contributed by atoms with E-state index in [1.54, 1.807) is 24.2 Å². The second-order valence-corrected chi connectivity index (χ2v) is 7.18. The Morgan fingerprint density at radius 2 is 2.04 bits per heavy atom. The van der Waals surface area contributed by atoms with Crippen molar-refractivity contribution in [2.75, 3.05) is 20.3 Å². The SMILES string of the molecule is COCCN(Cc1cccc2ccccc12)C(=O)/C=C/c1cc(CO)cs1. The van der Waals surface area contributed by atoms with Crippen LogP contribution >= 0.6 is 11.3 Å². The van der Waals surface area contributed by atoms with Crippen LogP contribution in [0.3, 0.4) is 0 Å². The molecule has 0 spiro atoms. The second-order valence-electron chi connectivity index (χ2n) is 6.24. The molecular weight excluding hydrogens is 358 g/mol. The number of fused-ring (bicyclic) bond motifs is 1. The van der Waals surface area contributed by atoms with Crippen LogP contribution < -0.4 is 0 Å². The lowest BCUT2D eigenvalue weighted by Crippen LogP contribution is -2.32. The maximum absolute atomic E-state index is 12.8. The Labute approximate surface area is 163 Å². The number of rotatable bonds is 8. The Bertz CT molecular complexity index is 927. The van der Waals surface area contributed by atoms with Gasteiger partial charge in [0.25, 0.3) is 0 Å². The topological polar surface area (TPSA) is 49.8 Å². The zero-order valence-electron chi connectivity index (χ0n) is 15.3. The van der Waals surface area contributed by atoms with E-state index >= 15 is 0 Å². The maximum Gasteiger partial charge on any atom is 0.246 e. The van der Waals surface area contributed by atoms with E-state index in [-0.39, 0.29) is 12.5 Å². The predicted molar refractivity (Wildman–Crippen MR) is 111 cm³/mol. The molecule has 3 aromatic rings. The fraction of sp³-hybridized carbons (Fsp3) is 0.227. The number of hydrogen-bond acceptors (Lipinski definition) is 4. The van der Waals surface area contributed by atoms with Gasteiger partial charge in [-0.2, -0.15) is 0 Å². The summed E-state index contributed by atoms with van der Waals surface area (Å²) >= 11 is 1.51. The molecule has 0 aliphatic rings. The van der Waals surface area contributed by atoms with Gasteiger partial charge in [-0.05, 0) is 39.4 Å². The molecule has 0 unspecified atom stereocenters. The Hall–Kier alpha value is -2.47. The van der Waals surface area contributed by atoms with E-state index in [4.69, 9.17) is 9.84 Å². The van der Waals surface area contributed by atoms with Gasteiger partial charge >= 0.3 is 0 Å². The van der Waals surface area contributed by atoms with E-state index in [1.165, 1.54) is 16.7 Å². The minimum absolute atomic E-state index is 0.0132. The molecule has 1 amide bonds. The number of amides is 1. The third kappa shape index (κ3) is 5.04. The van der Waals surface area contributed by atoms with Gasteiger partial charge in [-0.1, -0.05) is 42.5 Å². The van der Waals surface area contributed by atoms with Gasteiger partial charge < -0.3 is 14.7 Å². The predicted octanol–water partition coefficient (Wildman–Crippen LogP) is 4.08. The second kappa shape index (κ2) is 9.46. The Kier molecular flexibility index (Phi) is 6.76. The van der Waals surface area contributed by atoms with Gasteiger partial charge in [0.2, 0.25) is 5.91 Å². The van der Waals surface area contributed by atoms with Crippen molar-refractivity contribution in [2.24, 2.45) is 0 Å².